The van der Waals surface area contributed by atoms with Gasteiger partial charge in [0.25, 0.3) is 0 Å². The zero-order chi connectivity index (χ0) is 14.7. The lowest BCUT2D eigenvalue weighted by Gasteiger charge is -2.08. The number of aromatic nitrogens is 3. The zero-order valence-corrected chi connectivity index (χ0v) is 12.6. The lowest BCUT2D eigenvalue weighted by Crippen LogP contribution is -2.10. The van der Waals surface area contributed by atoms with Crippen LogP contribution >= 0.6 is 0 Å². The summed E-state index contributed by atoms with van der Waals surface area (Å²) >= 11 is 0. The molecule has 2 aromatic heterocycles. The van der Waals surface area contributed by atoms with E-state index in [4.69, 9.17) is 0 Å². The van der Waals surface area contributed by atoms with Crippen LogP contribution in [0, 0.1) is 13.8 Å². The van der Waals surface area contributed by atoms with Crippen LogP contribution in [0.4, 0.5) is 0 Å². The summed E-state index contributed by atoms with van der Waals surface area (Å²) in [7, 11) is 0. The van der Waals surface area contributed by atoms with Gasteiger partial charge in [-0.1, -0.05) is 13.0 Å². The Morgan fingerprint density at radius 3 is 2.80 bits per heavy atom. The minimum absolute atomic E-state index is 0.0249. The van der Waals surface area contributed by atoms with Crippen LogP contribution in [-0.4, -0.2) is 20.5 Å². The SMILES string of the molecule is CCC(C)n1ccc(CC(=O)c2ncc(C)cc2C)n1. The Kier molecular flexibility index (Phi) is 4.32. The third-order valence-electron chi connectivity index (χ3n) is 3.53. The van der Waals surface area contributed by atoms with Gasteiger partial charge < -0.3 is 0 Å². The van der Waals surface area contributed by atoms with Crippen LogP contribution in [0.1, 0.15) is 53.6 Å². The van der Waals surface area contributed by atoms with E-state index in [-0.39, 0.29) is 5.78 Å². The molecule has 0 bridgehead atoms. The average molecular weight is 271 g/mol. The third-order valence-corrected chi connectivity index (χ3v) is 3.53. The van der Waals surface area contributed by atoms with Crippen molar-refractivity contribution in [1.82, 2.24) is 14.8 Å². The van der Waals surface area contributed by atoms with Crippen LogP contribution < -0.4 is 0 Å². The van der Waals surface area contributed by atoms with Gasteiger partial charge in [-0.25, -0.2) is 0 Å². The van der Waals surface area contributed by atoms with Gasteiger partial charge in [-0.15, -0.1) is 0 Å². The molecule has 0 amide bonds. The molecule has 0 N–H and O–H groups in total. The number of aryl methyl sites for hydroxylation is 2. The number of ketones is 1. The molecular formula is C16H21N3O. The van der Waals surface area contributed by atoms with Gasteiger partial charge in [0.15, 0.2) is 5.78 Å². The van der Waals surface area contributed by atoms with Crippen molar-refractivity contribution in [2.75, 3.05) is 0 Å². The molecule has 0 aliphatic heterocycles. The van der Waals surface area contributed by atoms with Crippen molar-refractivity contribution >= 4 is 5.78 Å². The Morgan fingerprint density at radius 1 is 1.40 bits per heavy atom. The van der Waals surface area contributed by atoms with E-state index in [1.165, 1.54) is 0 Å². The van der Waals surface area contributed by atoms with Crippen molar-refractivity contribution in [3.05, 3.63) is 47.0 Å². The smallest absolute Gasteiger partial charge is 0.187 e. The lowest BCUT2D eigenvalue weighted by molar-refractivity contribution is 0.0986. The molecule has 0 aliphatic carbocycles. The van der Waals surface area contributed by atoms with Crippen molar-refractivity contribution in [1.29, 1.82) is 0 Å². The van der Waals surface area contributed by atoms with Crippen molar-refractivity contribution < 1.29 is 4.79 Å². The maximum absolute atomic E-state index is 12.3. The van der Waals surface area contributed by atoms with Gasteiger partial charge in [-0.2, -0.15) is 5.10 Å². The molecule has 4 heteroatoms. The Balaban J connectivity index is 2.13. The van der Waals surface area contributed by atoms with Gasteiger partial charge >= 0.3 is 0 Å². The van der Waals surface area contributed by atoms with E-state index in [0.29, 0.717) is 18.2 Å². The first-order chi connectivity index (χ1) is 9.51. The van der Waals surface area contributed by atoms with E-state index in [9.17, 15) is 4.79 Å². The minimum Gasteiger partial charge on any atom is -0.292 e. The summed E-state index contributed by atoms with van der Waals surface area (Å²) in [6, 6.07) is 4.25. The second-order valence-corrected chi connectivity index (χ2v) is 5.32. The number of carbonyl (C=O) groups is 1. The normalized spacial score (nSPS) is 12.4. The monoisotopic (exact) mass is 271 g/mol. The summed E-state index contributed by atoms with van der Waals surface area (Å²) in [5, 5.41) is 4.46. The number of Topliss-reactive ketones (excluding diaryl/α,β-unsaturated/α-hetero) is 1. The summed E-state index contributed by atoms with van der Waals surface area (Å²) in [6.45, 7) is 8.13. The maximum atomic E-state index is 12.3. The number of rotatable bonds is 5. The number of hydrogen-bond donors (Lipinski definition) is 0. The predicted octanol–water partition coefficient (Wildman–Crippen LogP) is 3.29. The molecule has 0 spiro atoms. The molecule has 1 atom stereocenters. The van der Waals surface area contributed by atoms with Crippen LogP contribution in [0.3, 0.4) is 0 Å². The molecule has 0 aliphatic rings. The van der Waals surface area contributed by atoms with Gasteiger partial charge in [0, 0.05) is 18.4 Å². The summed E-state index contributed by atoms with van der Waals surface area (Å²) in [5.74, 6) is 0.0249. The number of hydrogen-bond acceptors (Lipinski definition) is 3. The Morgan fingerprint density at radius 2 is 2.15 bits per heavy atom. The first-order valence-electron chi connectivity index (χ1n) is 7.01. The van der Waals surface area contributed by atoms with Crippen molar-refractivity contribution in [3.8, 4) is 0 Å². The van der Waals surface area contributed by atoms with Crippen LogP contribution in [-0.2, 0) is 6.42 Å². The van der Waals surface area contributed by atoms with E-state index < -0.39 is 0 Å². The zero-order valence-electron chi connectivity index (χ0n) is 12.6. The van der Waals surface area contributed by atoms with Crippen molar-refractivity contribution in [3.63, 3.8) is 0 Å². The maximum Gasteiger partial charge on any atom is 0.187 e. The van der Waals surface area contributed by atoms with Crippen molar-refractivity contribution in [2.24, 2.45) is 0 Å². The highest BCUT2D eigenvalue weighted by Crippen LogP contribution is 2.13. The summed E-state index contributed by atoms with van der Waals surface area (Å²) in [6.07, 6.45) is 5.00. The van der Waals surface area contributed by atoms with Crippen molar-refractivity contribution in [2.45, 2.75) is 46.6 Å². The van der Waals surface area contributed by atoms with Gasteiger partial charge in [0.05, 0.1) is 12.1 Å². The molecule has 4 nitrogen and oxygen atoms in total. The quantitative estimate of drug-likeness (QED) is 0.784. The topological polar surface area (TPSA) is 47.8 Å². The van der Waals surface area contributed by atoms with E-state index >= 15 is 0 Å². The fourth-order valence-corrected chi connectivity index (χ4v) is 2.16. The highest BCUT2D eigenvalue weighted by atomic mass is 16.1. The lowest BCUT2D eigenvalue weighted by atomic mass is 10.1. The Bertz CT molecular complexity index is 616. The molecule has 0 fully saturated rings. The average Bonchev–Trinajstić information content (AvgIpc) is 2.86. The second kappa shape index (κ2) is 5.99. The number of nitrogens with zero attached hydrogens (tertiary/aromatic N) is 3. The van der Waals surface area contributed by atoms with E-state index in [1.54, 1.807) is 6.20 Å². The largest absolute Gasteiger partial charge is 0.292 e. The molecule has 106 valence electrons. The van der Waals surface area contributed by atoms with Crippen LogP contribution in [0.2, 0.25) is 0 Å². The van der Waals surface area contributed by atoms with E-state index in [1.807, 2.05) is 36.9 Å². The van der Waals surface area contributed by atoms with E-state index in [2.05, 4.69) is 23.9 Å². The summed E-state index contributed by atoms with van der Waals surface area (Å²) in [5.41, 5.74) is 3.35. The molecule has 0 radical (unpaired) electrons. The van der Waals surface area contributed by atoms with Crippen LogP contribution in [0.15, 0.2) is 24.5 Å². The molecule has 1 unspecified atom stereocenters. The first-order valence-corrected chi connectivity index (χ1v) is 7.01. The highest BCUT2D eigenvalue weighted by Gasteiger charge is 2.14. The van der Waals surface area contributed by atoms with Crippen LogP contribution in [0.5, 0.6) is 0 Å². The molecule has 0 aromatic carbocycles. The third kappa shape index (κ3) is 3.13. The highest BCUT2D eigenvalue weighted by molar-refractivity contribution is 5.96. The molecule has 0 saturated carbocycles. The minimum atomic E-state index is 0.0249. The summed E-state index contributed by atoms with van der Waals surface area (Å²) < 4.78 is 1.91. The number of carbonyl (C=O) groups excluding carboxylic acids is 1. The Hall–Kier alpha value is -1.97. The Labute approximate surface area is 119 Å². The molecule has 20 heavy (non-hydrogen) atoms. The van der Waals surface area contributed by atoms with Gasteiger partial charge in [-0.3, -0.25) is 14.5 Å². The molecule has 0 saturated heterocycles. The van der Waals surface area contributed by atoms with Crippen LogP contribution in [0.25, 0.3) is 0 Å². The predicted molar refractivity (Wildman–Crippen MR) is 79.0 cm³/mol. The molecule has 2 heterocycles. The fraction of sp³-hybridized carbons (Fsp3) is 0.438. The molecule has 2 rings (SSSR count). The molecular weight excluding hydrogens is 250 g/mol. The fourth-order valence-electron chi connectivity index (χ4n) is 2.16. The van der Waals surface area contributed by atoms with Gasteiger partial charge in [0.1, 0.15) is 5.69 Å². The molecule has 2 aromatic rings. The second-order valence-electron chi connectivity index (χ2n) is 5.32. The first kappa shape index (κ1) is 14.4. The standard InChI is InChI=1S/C16H21N3O/c1-5-13(4)19-7-6-14(18-19)9-15(20)16-12(3)8-11(2)10-17-16/h6-8,10,13H,5,9H2,1-4H3. The van der Waals surface area contributed by atoms with E-state index in [0.717, 1.165) is 23.2 Å². The van der Waals surface area contributed by atoms with Gasteiger partial charge in [-0.05, 0) is 44.4 Å². The summed E-state index contributed by atoms with van der Waals surface area (Å²) in [4.78, 5) is 16.5. The van der Waals surface area contributed by atoms with Gasteiger partial charge in [0.2, 0.25) is 0 Å². The number of pyridine rings is 1.